The first-order chi connectivity index (χ1) is 6.56. The summed E-state index contributed by atoms with van der Waals surface area (Å²) in [5.41, 5.74) is 0.825. The summed E-state index contributed by atoms with van der Waals surface area (Å²) in [5, 5.41) is 10.7. The molecule has 0 aliphatic carbocycles. The van der Waals surface area contributed by atoms with E-state index in [0.717, 1.165) is 5.56 Å². The van der Waals surface area contributed by atoms with Gasteiger partial charge in [0.25, 0.3) is 0 Å². The summed E-state index contributed by atoms with van der Waals surface area (Å²) < 4.78 is 5.81. The van der Waals surface area contributed by atoms with Crippen molar-refractivity contribution in [1.82, 2.24) is 0 Å². The van der Waals surface area contributed by atoms with Gasteiger partial charge in [0.05, 0.1) is 16.0 Å². The van der Waals surface area contributed by atoms with Crippen molar-refractivity contribution in [2.45, 2.75) is 13.8 Å². The second-order valence-electron chi connectivity index (χ2n) is 2.79. The topological polar surface area (TPSA) is 52.4 Å². The molecule has 0 saturated heterocycles. The molecule has 0 heterocycles. The Bertz CT molecular complexity index is 365. The molecule has 0 aliphatic heterocycles. The maximum Gasteiger partial charge on any atom is 0.312 e. The van der Waals surface area contributed by atoms with Crippen molar-refractivity contribution in [2.24, 2.45) is 0 Å². The number of aryl methyl sites for hydroxylation is 1. The number of halogens is 1. The number of ether oxygens (including phenoxy) is 1. The van der Waals surface area contributed by atoms with Crippen molar-refractivity contribution in [3.05, 3.63) is 32.3 Å². The van der Waals surface area contributed by atoms with E-state index in [4.69, 9.17) is 4.74 Å². The highest BCUT2D eigenvalue weighted by molar-refractivity contribution is 9.10. The van der Waals surface area contributed by atoms with Crippen LogP contribution in [0.4, 0.5) is 5.69 Å². The summed E-state index contributed by atoms with van der Waals surface area (Å²) in [6.07, 6.45) is 0. The maximum atomic E-state index is 10.7. The van der Waals surface area contributed by atoms with Crippen LogP contribution in [0.1, 0.15) is 12.5 Å². The predicted molar refractivity (Wildman–Crippen MR) is 56.7 cm³/mol. The molecule has 1 rings (SSSR count). The van der Waals surface area contributed by atoms with E-state index in [9.17, 15) is 10.1 Å². The largest absolute Gasteiger partial charge is 0.486 e. The maximum absolute atomic E-state index is 10.7. The number of hydrogen-bond acceptors (Lipinski definition) is 3. The standard InChI is InChI=1S/C9H10BrNO3/c1-3-14-9-7(10)4-6(2)5-8(9)11(12)13/h4-5H,3H2,1-2H3. The Labute approximate surface area is 90.2 Å². The van der Waals surface area contributed by atoms with E-state index in [1.54, 1.807) is 19.9 Å². The number of rotatable bonds is 3. The Morgan fingerprint density at radius 3 is 2.71 bits per heavy atom. The molecule has 0 radical (unpaired) electrons. The first-order valence-corrected chi connectivity index (χ1v) is 4.93. The van der Waals surface area contributed by atoms with Crippen LogP contribution in [0, 0.1) is 17.0 Å². The molecule has 0 unspecified atom stereocenters. The highest BCUT2D eigenvalue weighted by Gasteiger charge is 2.18. The minimum atomic E-state index is -0.442. The fraction of sp³-hybridized carbons (Fsp3) is 0.333. The van der Waals surface area contributed by atoms with Gasteiger partial charge in [0.1, 0.15) is 0 Å². The van der Waals surface area contributed by atoms with Gasteiger partial charge in [-0.05, 0) is 41.4 Å². The summed E-state index contributed by atoms with van der Waals surface area (Å²) in [6.45, 7) is 3.99. The summed E-state index contributed by atoms with van der Waals surface area (Å²) >= 11 is 3.24. The zero-order valence-electron chi connectivity index (χ0n) is 7.91. The van der Waals surface area contributed by atoms with Gasteiger partial charge in [-0.15, -0.1) is 0 Å². The minimum Gasteiger partial charge on any atom is -0.486 e. The molecular weight excluding hydrogens is 250 g/mol. The molecule has 14 heavy (non-hydrogen) atoms. The number of hydrogen-bond donors (Lipinski definition) is 0. The fourth-order valence-corrected chi connectivity index (χ4v) is 1.81. The number of nitrogens with zero attached hydrogens (tertiary/aromatic N) is 1. The van der Waals surface area contributed by atoms with Crippen molar-refractivity contribution < 1.29 is 9.66 Å². The van der Waals surface area contributed by atoms with Crippen LogP contribution < -0.4 is 4.74 Å². The number of nitro benzene ring substituents is 1. The van der Waals surface area contributed by atoms with Crippen LogP contribution in [0.25, 0.3) is 0 Å². The highest BCUT2D eigenvalue weighted by atomic mass is 79.9. The highest BCUT2D eigenvalue weighted by Crippen LogP contribution is 2.36. The van der Waals surface area contributed by atoms with Crippen LogP contribution in [0.5, 0.6) is 5.75 Å². The zero-order valence-corrected chi connectivity index (χ0v) is 9.50. The molecule has 5 heteroatoms. The van der Waals surface area contributed by atoms with Crippen LogP contribution in [-0.4, -0.2) is 11.5 Å². The van der Waals surface area contributed by atoms with Gasteiger partial charge in [-0.25, -0.2) is 0 Å². The molecule has 0 atom stereocenters. The van der Waals surface area contributed by atoms with Gasteiger partial charge in [0.15, 0.2) is 0 Å². The Balaban J connectivity index is 3.28. The Morgan fingerprint density at radius 1 is 1.57 bits per heavy atom. The fourth-order valence-electron chi connectivity index (χ4n) is 1.13. The molecule has 0 saturated carbocycles. The first-order valence-electron chi connectivity index (χ1n) is 4.13. The molecule has 1 aromatic rings. The van der Waals surface area contributed by atoms with Crippen molar-refractivity contribution in [3.63, 3.8) is 0 Å². The Kier molecular flexibility index (Phi) is 3.46. The van der Waals surface area contributed by atoms with Crippen molar-refractivity contribution in [2.75, 3.05) is 6.61 Å². The van der Waals surface area contributed by atoms with E-state index in [1.165, 1.54) is 6.07 Å². The summed E-state index contributed by atoms with van der Waals surface area (Å²) in [4.78, 5) is 10.3. The van der Waals surface area contributed by atoms with Gasteiger partial charge in [0.2, 0.25) is 5.75 Å². The second kappa shape index (κ2) is 4.41. The van der Waals surface area contributed by atoms with E-state index >= 15 is 0 Å². The van der Waals surface area contributed by atoms with E-state index in [0.29, 0.717) is 16.8 Å². The third-order valence-corrected chi connectivity index (χ3v) is 2.24. The van der Waals surface area contributed by atoms with E-state index < -0.39 is 4.92 Å². The van der Waals surface area contributed by atoms with Crippen LogP contribution in [0.2, 0.25) is 0 Å². The number of benzene rings is 1. The summed E-state index contributed by atoms with van der Waals surface area (Å²) in [6, 6.07) is 3.29. The van der Waals surface area contributed by atoms with Crippen molar-refractivity contribution in [3.8, 4) is 5.75 Å². The molecule has 4 nitrogen and oxygen atoms in total. The van der Waals surface area contributed by atoms with Gasteiger partial charge >= 0.3 is 5.69 Å². The van der Waals surface area contributed by atoms with Gasteiger partial charge in [-0.3, -0.25) is 10.1 Å². The van der Waals surface area contributed by atoms with Crippen molar-refractivity contribution in [1.29, 1.82) is 0 Å². The van der Waals surface area contributed by atoms with Crippen LogP contribution in [-0.2, 0) is 0 Å². The molecular formula is C9H10BrNO3. The van der Waals surface area contributed by atoms with Crippen LogP contribution >= 0.6 is 15.9 Å². The summed E-state index contributed by atoms with van der Waals surface area (Å²) in [5.74, 6) is 0.295. The zero-order chi connectivity index (χ0) is 10.7. The molecule has 0 bridgehead atoms. The molecule has 0 N–H and O–H groups in total. The van der Waals surface area contributed by atoms with E-state index in [2.05, 4.69) is 15.9 Å². The van der Waals surface area contributed by atoms with Gasteiger partial charge in [0, 0.05) is 6.07 Å². The lowest BCUT2D eigenvalue weighted by molar-refractivity contribution is -0.386. The average molecular weight is 260 g/mol. The molecule has 0 fully saturated rings. The van der Waals surface area contributed by atoms with E-state index in [1.807, 2.05) is 0 Å². The minimum absolute atomic E-state index is 0.00118. The van der Waals surface area contributed by atoms with Crippen LogP contribution in [0.3, 0.4) is 0 Å². The average Bonchev–Trinajstić information content (AvgIpc) is 2.09. The lowest BCUT2D eigenvalue weighted by atomic mass is 10.2. The van der Waals surface area contributed by atoms with Gasteiger partial charge < -0.3 is 4.74 Å². The van der Waals surface area contributed by atoms with Gasteiger partial charge in [-0.1, -0.05) is 0 Å². The van der Waals surface area contributed by atoms with Gasteiger partial charge in [-0.2, -0.15) is 0 Å². The smallest absolute Gasteiger partial charge is 0.312 e. The monoisotopic (exact) mass is 259 g/mol. The molecule has 76 valence electrons. The van der Waals surface area contributed by atoms with Crippen LogP contribution in [0.15, 0.2) is 16.6 Å². The molecule has 0 spiro atoms. The van der Waals surface area contributed by atoms with E-state index in [-0.39, 0.29) is 5.69 Å². The first kappa shape index (κ1) is 11.0. The van der Waals surface area contributed by atoms with Crippen molar-refractivity contribution >= 4 is 21.6 Å². The molecule has 0 aromatic heterocycles. The summed E-state index contributed by atoms with van der Waals surface area (Å²) in [7, 11) is 0. The Hall–Kier alpha value is -1.10. The predicted octanol–water partition coefficient (Wildman–Crippen LogP) is 3.06. The lowest BCUT2D eigenvalue weighted by Crippen LogP contribution is -1.98. The normalized spacial score (nSPS) is 9.93. The SMILES string of the molecule is CCOc1c(Br)cc(C)cc1[N+](=O)[O-]. The molecule has 1 aromatic carbocycles. The third kappa shape index (κ3) is 2.23. The number of nitro groups is 1. The second-order valence-corrected chi connectivity index (χ2v) is 3.64. The quantitative estimate of drug-likeness (QED) is 0.619. The molecule has 0 aliphatic rings. The molecule has 0 amide bonds. The Morgan fingerprint density at radius 2 is 2.21 bits per heavy atom. The third-order valence-electron chi connectivity index (χ3n) is 1.65. The lowest BCUT2D eigenvalue weighted by Gasteiger charge is -2.07.